The lowest BCUT2D eigenvalue weighted by atomic mass is 10.2. The number of anilines is 1. The second kappa shape index (κ2) is 3.42. The fraction of sp³-hybridized carbons (Fsp3) is 0.250. The third-order valence-corrected chi connectivity index (χ3v) is 2.64. The quantitative estimate of drug-likeness (QED) is 0.696. The first-order valence-corrected chi connectivity index (χ1v) is 4.85. The Morgan fingerprint density at radius 1 is 1.27 bits per heavy atom. The van der Waals surface area contributed by atoms with E-state index in [1.54, 1.807) is 0 Å². The van der Waals surface area contributed by atoms with E-state index in [1.165, 1.54) is 0 Å². The second-order valence-corrected chi connectivity index (χ2v) is 3.89. The van der Waals surface area contributed by atoms with Crippen molar-refractivity contribution in [2.45, 2.75) is 0 Å². The van der Waals surface area contributed by atoms with Crippen molar-refractivity contribution >= 4 is 23.0 Å². The predicted octanol–water partition coefficient (Wildman–Crippen LogP) is 2.06. The van der Waals surface area contributed by atoms with E-state index in [1.807, 2.05) is 39.3 Å². The summed E-state index contributed by atoms with van der Waals surface area (Å²) >= 11 is 0. The number of hydrogen-bond acceptors (Lipinski definition) is 2. The maximum absolute atomic E-state index is 10.7. The number of aryl methyl sites for hydroxylation is 1. The molecule has 0 aliphatic heterocycles. The topological polar surface area (TPSA) is 25.2 Å². The summed E-state index contributed by atoms with van der Waals surface area (Å²) < 4.78 is 2.11. The molecule has 0 unspecified atom stereocenters. The van der Waals surface area contributed by atoms with Crippen molar-refractivity contribution in [2.24, 2.45) is 7.05 Å². The Bertz CT molecular complexity index is 512. The van der Waals surface area contributed by atoms with Crippen LogP contribution in [0.2, 0.25) is 0 Å². The van der Waals surface area contributed by atoms with E-state index < -0.39 is 0 Å². The molecule has 0 N–H and O–H groups in total. The highest BCUT2D eigenvalue weighted by Gasteiger charge is 2.07. The zero-order chi connectivity index (χ0) is 11.0. The molecule has 78 valence electrons. The first kappa shape index (κ1) is 9.77. The highest BCUT2D eigenvalue weighted by Crippen LogP contribution is 2.24. The smallest absolute Gasteiger partial charge is 0.150 e. The van der Waals surface area contributed by atoms with Crippen LogP contribution in [-0.4, -0.2) is 24.9 Å². The number of hydrogen-bond donors (Lipinski definition) is 0. The van der Waals surface area contributed by atoms with Gasteiger partial charge < -0.3 is 9.47 Å². The molecular weight excluding hydrogens is 188 g/mol. The van der Waals surface area contributed by atoms with E-state index in [0.29, 0.717) is 0 Å². The molecule has 0 spiro atoms. The van der Waals surface area contributed by atoms with Crippen LogP contribution in [0.1, 0.15) is 10.4 Å². The Morgan fingerprint density at radius 2 is 2.00 bits per heavy atom. The highest BCUT2D eigenvalue weighted by molar-refractivity contribution is 5.90. The van der Waals surface area contributed by atoms with Crippen LogP contribution in [0.15, 0.2) is 24.3 Å². The molecule has 1 aromatic heterocycles. The van der Waals surface area contributed by atoms with E-state index in [2.05, 4.69) is 15.5 Å². The van der Waals surface area contributed by atoms with Crippen LogP contribution in [0.4, 0.5) is 5.82 Å². The number of aromatic nitrogens is 1. The summed E-state index contributed by atoms with van der Waals surface area (Å²) in [5, 5.41) is 1.10. The highest BCUT2D eigenvalue weighted by atomic mass is 16.1. The third-order valence-electron chi connectivity index (χ3n) is 2.64. The molecule has 1 heterocycles. The van der Waals surface area contributed by atoms with Crippen LogP contribution >= 0.6 is 0 Å². The molecular formula is C12H14N2O. The lowest BCUT2D eigenvalue weighted by Gasteiger charge is -2.12. The lowest BCUT2D eigenvalue weighted by Crippen LogP contribution is -2.12. The number of carbonyl (C=O) groups is 1. The molecule has 3 nitrogen and oxygen atoms in total. The third kappa shape index (κ3) is 1.50. The summed E-state index contributed by atoms with van der Waals surface area (Å²) in [7, 11) is 6.04. The Morgan fingerprint density at radius 3 is 2.60 bits per heavy atom. The van der Waals surface area contributed by atoms with Crippen LogP contribution in [-0.2, 0) is 7.05 Å². The summed E-state index contributed by atoms with van der Waals surface area (Å²) in [5.74, 6) is 1.13. The SMILES string of the molecule is CN(C)c1cc2cc(C=O)ccc2n1C. The van der Waals surface area contributed by atoms with Gasteiger partial charge in [-0.2, -0.15) is 0 Å². The molecule has 0 bridgehead atoms. The van der Waals surface area contributed by atoms with E-state index in [4.69, 9.17) is 0 Å². The summed E-state index contributed by atoms with van der Waals surface area (Å²) in [4.78, 5) is 12.7. The van der Waals surface area contributed by atoms with E-state index in [9.17, 15) is 4.79 Å². The summed E-state index contributed by atoms with van der Waals surface area (Å²) in [6.45, 7) is 0. The number of nitrogens with zero attached hydrogens (tertiary/aromatic N) is 2. The van der Waals surface area contributed by atoms with Gasteiger partial charge in [0.15, 0.2) is 0 Å². The fourth-order valence-corrected chi connectivity index (χ4v) is 1.86. The Balaban J connectivity index is 2.70. The van der Waals surface area contributed by atoms with Crippen molar-refractivity contribution in [1.29, 1.82) is 0 Å². The Hall–Kier alpha value is -1.77. The molecule has 0 radical (unpaired) electrons. The maximum atomic E-state index is 10.7. The van der Waals surface area contributed by atoms with Gasteiger partial charge in [0.25, 0.3) is 0 Å². The van der Waals surface area contributed by atoms with Gasteiger partial charge in [-0.25, -0.2) is 0 Å². The minimum absolute atomic E-state index is 0.721. The van der Waals surface area contributed by atoms with Gasteiger partial charge in [-0.1, -0.05) is 0 Å². The standard InChI is InChI=1S/C12H14N2O/c1-13(2)12-7-10-6-9(8-15)4-5-11(10)14(12)3/h4-8H,1-3H3. The minimum Gasteiger partial charge on any atom is -0.364 e. The molecule has 0 aliphatic carbocycles. The van der Waals surface area contributed by atoms with Crippen molar-refractivity contribution in [3.63, 3.8) is 0 Å². The van der Waals surface area contributed by atoms with Gasteiger partial charge >= 0.3 is 0 Å². The van der Waals surface area contributed by atoms with Crippen molar-refractivity contribution in [3.8, 4) is 0 Å². The van der Waals surface area contributed by atoms with Gasteiger partial charge in [0.05, 0.1) is 0 Å². The van der Waals surface area contributed by atoms with Gasteiger partial charge in [-0.15, -0.1) is 0 Å². The van der Waals surface area contributed by atoms with Gasteiger partial charge in [-0.05, 0) is 24.3 Å². The maximum Gasteiger partial charge on any atom is 0.150 e. The monoisotopic (exact) mass is 202 g/mol. The molecule has 0 amide bonds. The van der Waals surface area contributed by atoms with Crippen molar-refractivity contribution in [1.82, 2.24) is 4.57 Å². The number of benzene rings is 1. The van der Waals surface area contributed by atoms with Crippen molar-refractivity contribution < 1.29 is 4.79 Å². The normalized spacial score (nSPS) is 10.6. The van der Waals surface area contributed by atoms with Gasteiger partial charge in [0, 0.05) is 37.6 Å². The number of carbonyl (C=O) groups excluding carboxylic acids is 1. The number of fused-ring (bicyclic) bond motifs is 1. The van der Waals surface area contributed by atoms with Crippen molar-refractivity contribution in [2.75, 3.05) is 19.0 Å². The zero-order valence-corrected chi connectivity index (χ0v) is 9.19. The summed E-state index contributed by atoms with van der Waals surface area (Å²) in [5.41, 5.74) is 1.86. The molecule has 3 heteroatoms. The molecule has 2 aromatic rings. The van der Waals surface area contributed by atoms with E-state index in [0.717, 1.165) is 28.6 Å². The minimum atomic E-state index is 0.721. The number of rotatable bonds is 2. The van der Waals surface area contributed by atoms with Crippen LogP contribution in [0, 0.1) is 0 Å². The summed E-state index contributed by atoms with van der Waals surface area (Å²) in [6.07, 6.45) is 0.877. The van der Waals surface area contributed by atoms with Crippen LogP contribution < -0.4 is 4.90 Å². The largest absolute Gasteiger partial charge is 0.364 e. The number of aldehydes is 1. The predicted molar refractivity (Wildman–Crippen MR) is 62.6 cm³/mol. The molecule has 0 atom stereocenters. The second-order valence-electron chi connectivity index (χ2n) is 3.89. The summed E-state index contributed by atoms with van der Waals surface area (Å²) in [6, 6.07) is 7.82. The van der Waals surface area contributed by atoms with Crippen LogP contribution in [0.25, 0.3) is 10.9 Å². The van der Waals surface area contributed by atoms with E-state index in [-0.39, 0.29) is 0 Å². The average molecular weight is 202 g/mol. The zero-order valence-electron chi connectivity index (χ0n) is 9.19. The lowest BCUT2D eigenvalue weighted by molar-refractivity contribution is 0.112. The molecule has 0 fully saturated rings. The van der Waals surface area contributed by atoms with Gasteiger partial charge in [-0.3, -0.25) is 4.79 Å². The molecule has 0 saturated heterocycles. The Kier molecular flexibility index (Phi) is 2.23. The average Bonchev–Trinajstić information content (AvgIpc) is 2.55. The molecule has 2 rings (SSSR count). The Labute approximate surface area is 88.9 Å². The van der Waals surface area contributed by atoms with Crippen LogP contribution in [0.5, 0.6) is 0 Å². The fourth-order valence-electron chi connectivity index (χ4n) is 1.86. The first-order chi connectivity index (χ1) is 7.13. The molecule has 15 heavy (non-hydrogen) atoms. The molecule has 0 aliphatic rings. The molecule has 1 aromatic carbocycles. The van der Waals surface area contributed by atoms with Crippen molar-refractivity contribution in [3.05, 3.63) is 29.8 Å². The molecule has 0 saturated carbocycles. The first-order valence-electron chi connectivity index (χ1n) is 4.85. The van der Waals surface area contributed by atoms with Gasteiger partial charge in [0.2, 0.25) is 0 Å². The van der Waals surface area contributed by atoms with Crippen LogP contribution in [0.3, 0.4) is 0 Å². The van der Waals surface area contributed by atoms with Gasteiger partial charge in [0.1, 0.15) is 12.1 Å². The van der Waals surface area contributed by atoms with E-state index >= 15 is 0 Å².